The molecule has 0 bridgehead atoms. The van der Waals surface area contributed by atoms with Gasteiger partial charge in [-0.15, -0.1) is 0 Å². The first-order valence-electron chi connectivity index (χ1n) is 13.0. The number of aryl methyl sites for hydroxylation is 1. The number of nitrogens with zero attached hydrogens (tertiary/aromatic N) is 2. The molecule has 0 radical (unpaired) electrons. The Labute approximate surface area is 226 Å². The zero-order chi connectivity index (χ0) is 26.3. The molecule has 7 heteroatoms. The number of aliphatic hydroxyl groups is 1. The van der Waals surface area contributed by atoms with Crippen LogP contribution in [0.1, 0.15) is 42.7 Å². The second kappa shape index (κ2) is 12.5. The van der Waals surface area contributed by atoms with Gasteiger partial charge in [-0.3, -0.25) is 0 Å². The van der Waals surface area contributed by atoms with Gasteiger partial charge in [-0.05, 0) is 80.0 Å². The third kappa shape index (κ3) is 7.65. The van der Waals surface area contributed by atoms with E-state index in [2.05, 4.69) is 17.0 Å². The predicted octanol–water partition coefficient (Wildman–Crippen LogP) is 5.59. The lowest BCUT2D eigenvalue weighted by molar-refractivity contribution is -0.0277. The highest BCUT2D eigenvalue weighted by Crippen LogP contribution is 2.30. The van der Waals surface area contributed by atoms with E-state index >= 15 is 0 Å². The van der Waals surface area contributed by atoms with Crippen molar-refractivity contribution >= 4 is 21.6 Å². The van der Waals surface area contributed by atoms with Crippen LogP contribution in [0.3, 0.4) is 0 Å². The number of hydrogen-bond acceptors (Lipinski definition) is 4. The van der Waals surface area contributed by atoms with Gasteiger partial charge in [0.15, 0.2) is 0 Å². The van der Waals surface area contributed by atoms with E-state index in [4.69, 9.17) is 11.6 Å². The van der Waals surface area contributed by atoms with Crippen molar-refractivity contribution in [3.8, 4) is 0 Å². The lowest BCUT2D eigenvalue weighted by Gasteiger charge is -2.39. The third-order valence-corrected chi connectivity index (χ3v) is 9.62. The Balaban J connectivity index is 1.37. The summed E-state index contributed by atoms with van der Waals surface area (Å²) >= 11 is 6.30. The standard InChI is InChI=1S/C30H37ClN2O3S/c1-32(37(35,36)29-13-6-3-7-14-29)24-27(26-11-8-12-28(31)23-26)16-20-33-21-18-30(34,19-22-33)17-15-25-9-4-2-5-10-25/h2-14,23,27,34H,15-22,24H2,1H3/t27-/m1/s1. The molecule has 1 atom stereocenters. The average Bonchev–Trinajstić information content (AvgIpc) is 2.92. The molecule has 0 unspecified atom stereocenters. The van der Waals surface area contributed by atoms with Crippen LogP contribution in [-0.4, -0.2) is 61.6 Å². The van der Waals surface area contributed by atoms with Crippen LogP contribution in [0, 0.1) is 0 Å². The minimum Gasteiger partial charge on any atom is -0.390 e. The van der Waals surface area contributed by atoms with Gasteiger partial charge < -0.3 is 10.0 Å². The van der Waals surface area contributed by atoms with Crippen molar-refractivity contribution in [1.82, 2.24) is 9.21 Å². The van der Waals surface area contributed by atoms with E-state index in [1.54, 1.807) is 31.3 Å². The van der Waals surface area contributed by atoms with Gasteiger partial charge in [-0.25, -0.2) is 12.7 Å². The molecule has 1 heterocycles. The summed E-state index contributed by atoms with van der Waals surface area (Å²) in [5.74, 6) is 0.000998. The maximum Gasteiger partial charge on any atom is 0.242 e. The lowest BCUT2D eigenvalue weighted by atomic mass is 9.85. The number of benzene rings is 3. The number of sulfonamides is 1. The van der Waals surface area contributed by atoms with E-state index in [1.807, 2.05) is 48.5 Å². The normalized spacial score (nSPS) is 17.1. The predicted molar refractivity (Wildman–Crippen MR) is 150 cm³/mol. The first-order chi connectivity index (χ1) is 17.7. The van der Waals surface area contributed by atoms with Crippen molar-refractivity contribution in [3.05, 3.63) is 101 Å². The van der Waals surface area contributed by atoms with E-state index in [0.717, 1.165) is 57.3 Å². The minimum atomic E-state index is -3.59. The van der Waals surface area contributed by atoms with Crippen LogP contribution in [0.15, 0.2) is 89.8 Å². The van der Waals surface area contributed by atoms with Crippen molar-refractivity contribution in [2.75, 3.05) is 33.2 Å². The molecular formula is C30H37ClN2O3S. The van der Waals surface area contributed by atoms with E-state index in [-0.39, 0.29) is 5.92 Å². The molecule has 0 spiro atoms. The molecule has 1 saturated heterocycles. The highest BCUT2D eigenvalue weighted by atomic mass is 35.5. The van der Waals surface area contributed by atoms with Gasteiger partial charge in [0, 0.05) is 31.7 Å². The molecule has 198 valence electrons. The molecule has 3 aromatic rings. The zero-order valence-corrected chi connectivity index (χ0v) is 23.0. The minimum absolute atomic E-state index is 0.000998. The largest absolute Gasteiger partial charge is 0.390 e. The maximum absolute atomic E-state index is 13.2. The number of piperidine rings is 1. The molecule has 4 rings (SSSR count). The summed E-state index contributed by atoms with van der Waals surface area (Å²) in [5.41, 5.74) is 1.68. The van der Waals surface area contributed by atoms with Crippen LogP contribution in [-0.2, 0) is 16.4 Å². The van der Waals surface area contributed by atoms with Gasteiger partial charge in [0.2, 0.25) is 10.0 Å². The molecule has 0 aliphatic carbocycles. The summed E-state index contributed by atoms with van der Waals surface area (Å²) in [5, 5.41) is 11.8. The third-order valence-electron chi connectivity index (χ3n) is 7.55. The second-order valence-electron chi connectivity index (χ2n) is 10.2. The Bertz CT molecular complexity index is 1230. The van der Waals surface area contributed by atoms with Crippen LogP contribution < -0.4 is 0 Å². The Morgan fingerprint density at radius 2 is 1.62 bits per heavy atom. The highest BCUT2D eigenvalue weighted by molar-refractivity contribution is 7.89. The van der Waals surface area contributed by atoms with Crippen molar-refractivity contribution < 1.29 is 13.5 Å². The zero-order valence-electron chi connectivity index (χ0n) is 21.5. The molecule has 37 heavy (non-hydrogen) atoms. The average molecular weight is 541 g/mol. The van der Waals surface area contributed by atoms with E-state index in [0.29, 0.717) is 16.5 Å². The topological polar surface area (TPSA) is 60.9 Å². The quantitative estimate of drug-likeness (QED) is 0.344. The molecule has 0 aromatic heterocycles. The first-order valence-corrected chi connectivity index (χ1v) is 14.8. The van der Waals surface area contributed by atoms with Crippen molar-refractivity contribution in [2.24, 2.45) is 0 Å². The molecule has 1 N–H and O–H groups in total. The number of likely N-dealkylation sites (tertiary alicyclic amines) is 1. The molecule has 3 aromatic carbocycles. The van der Waals surface area contributed by atoms with Gasteiger partial charge in [-0.1, -0.05) is 72.3 Å². The Morgan fingerprint density at radius 3 is 2.27 bits per heavy atom. The SMILES string of the molecule is CN(C[C@@H](CCN1CCC(O)(CCc2ccccc2)CC1)c1cccc(Cl)c1)S(=O)(=O)c1ccccc1. The molecule has 5 nitrogen and oxygen atoms in total. The number of hydrogen-bond donors (Lipinski definition) is 1. The summed E-state index contributed by atoms with van der Waals surface area (Å²) in [6, 6.07) is 26.6. The Morgan fingerprint density at radius 1 is 0.973 bits per heavy atom. The monoisotopic (exact) mass is 540 g/mol. The van der Waals surface area contributed by atoms with Crippen LogP contribution in [0.2, 0.25) is 5.02 Å². The lowest BCUT2D eigenvalue weighted by Crippen LogP contribution is -2.45. The first kappa shape index (κ1) is 27.8. The summed E-state index contributed by atoms with van der Waals surface area (Å²) in [6.45, 7) is 2.88. The fraction of sp³-hybridized carbons (Fsp3) is 0.400. The molecule has 1 fully saturated rings. The van der Waals surface area contributed by atoms with Crippen molar-refractivity contribution in [3.63, 3.8) is 0 Å². The summed E-state index contributed by atoms with van der Waals surface area (Å²) in [4.78, 5) is 2.69. The Kier molecular flexibility index (Phi) is 9.43. The molecular weight excluding hydrogens is 504 g/mol. The maximum atomic E-state index is 13.2. The van der Waals surface area contributed by atoms with E-state index in [1.165, 1.54) is 9.87 Å². The highest BCUT2D eigenvalue weighted by Gasteiger charge is 2.32. The Hall–Kier alpha value is -2.22. The van der Waals surface area contributed by atoms with Crippen LogP contribution in [0.5, 0.6) is 0 Å². The fourth-order valence-electron chi connectivity index (χ4n) is 5.11. The number of likely N-dealkylation sites (N-methyl/N-ethyl adjacent to an activating group) is 1. The van der Waals surface area contributed by atoms with Gasteiger partial charge in [0.05, 0.1) is 10.5 Å². The van der Waals surface area contributed by atoms with Crippen molar-refractivity contribution in [1.29, 1.82) is 0 Å². The number of halogens is 1. The number of rotatable bonds is 11. The van der Waals surface area contributed by atoms with Crippen LogP contribution in [0.25, 0.3) is 0 Å². The van der Waals surface area contributed by atoms with Gasteiger partial charge in [0.1, 0.15) is 0 Å². The summed E-state index contributed by atoms with van der Waals surface area (Å²) < 4.78 is 27.8. The van der Waals surface area contributed by atoms with Crippen molar-refractivity contribution in [2.45, 2.75) is 48.5 Å². The smallest absolute Gasteiger partial charge is 0.242 e. The van der Waals surface area contributed by atoms with Crippen LogP contribution >= 0.6 is 11.6 Å². The fourth-order valence-corrected chi connectivity index (χ4v) is 6.54. The molecule has 1 aliphatic heterocycles. The second-order valence-corrected chi connectivity index (χ2v) is 12.7. The molecule has 1 aliphatic rings. The summed E-state index contributed by atoms with van der Waals surface area (Å²) in [7, 11) is -1.94. The van der Waals surface area contributed by atoms with Gasteiger partial charge in [-0.2, -0.15) is 0 Å². The van der Waals surface area contributed by atoms with Gasteiger partial charge in [0.25, 0.3) is 0 Å². The van der Waals surface area contributed by atoms with Gasteiger partial charge >= 0.3 is 0 Å². The summed E-state index contributed by atoms with van der Waals surface area (Å²) in [6.07, 6.45) is 3.97. The van der Waals surface area contributed by atoms with E-state index < -0.39 is 15.6 Å². The van der Waals surface area contributed by atoms with E-state index in [9.17, 15) is 13.5 Å². The van der Waals surface area contributed by atoms with Crippen LogP contribution in [0.4, 0.5) is 0 Å². The molecule has 0 amide bonds. The molecule has 0 saturated carbocycles.